The van der Waals surface area contributed by atoms with Crippen LogP contribution in [0.3, 0.4) is 0 Å². The van der Waals surface area contributed by atoms with Crippen LogP contribution in [-0.2, 0) is 11.3 Å². The van der Waals surface area contributed by atoms with Crippen LogP contribution in [0.2, 0.25) is 0 Å². The highest BCUT2D eigenvalue weighted by molar-refractivity contribution is 5.88. The number of hydrogen-bond donors (Lipinski definition) is 0. The number of likely N-dealkylation sites (tertiary alicyclic amines) is 2. The van der Waals surface area contributed by atoms with Crippen LogP contribution in [0, 0.1) is 13.8 Å². The molecule has 3 aliphatic rings. The van der Waals surface area contributed by atoms with Gasteiger partial charge in [-0.25, -0.2) is 4.98 Å². The molecule has 1 aromatic carbocycles. The van der Waals surface area contributed by atoms with Gasteiger partial charge in [-0.3, -0.25) is 9.69 Å². The van der Waals surface area contributed by atoms with E-state index in [-0.39, 0.29) is 5.54 Å². The van der Waals surface area contributed by atoms with Crippen LogP contribution >= 0.6 is 0 Å². The van der Waals surface area contributed by atoms with Crippen molar-refractivity contribution in [3.63, 3.8) is 0 Å². The molecule has 0 bridgehead atoms. The zero-order chi connectivity index (χ0) is 19.3. The topological polar surface area (TPSA) is 49.6 Å². The summed E-state index contributed by atoms with van der Waals surface area (Å²) in [6.07, 6.45) is 6.54. The van der Waals surface area contributed by atoms with E-state index >= 15 is 0 Å². The van der Waals surface area contributed by atoms with Crippen LogP contribution < -0.4 is 0 Å². The van der Waals surface area contributed by atoms with E-state index in [4.69, 9.17) is 9.40 Å². The van der Waals surface area contributed by atoms with E-state index in [1.165, 1.54) is 18.4 Å². The summed E-state index contributed by atoms with van der Waals surface area (Å²) in [5, 5.41) is 0. The Bertz CT molecular complexity index is 901. The number of hydrogen-bond acceptors (Lipinski definition) is 4. The van der Waals surface area contributed by atoms with Gasteiger partial charge < -0.3 is 9.32 Å². The molecule has 0 N–H and O–H groups in total. The summed E-state index contributed by atoms with van der Waals surface area (Å²) in [5.41, 5.74) is 2.87. The Balaban J connectivity index is 1.40. The Hall–Kier alpha value is -2.14. The number of nitrogens with zero attached hydrogens (tertiary/aromatic N) is 3. The van der Waals surface area contributed by atoms with E-state index < -0.39 is 0 Å². The Morgan fingerprint density at radius 2 is 1.96 bits per heavy atom. The first-order valence-electron chi connectivity index (χ1n) is 10.7. The van der Waals surface area contributed by atoms with E-state index in [9.17, 15) is 4.79 Å². The fourth-order valence-electron chi connectivity index (χ4n) is 5.10. The maximum Gasteiger partial charge on any atom is 0.243 e. The molecule has 28 heavy (non-hydrogen) atoms. The molecule has 3 heterocycles. The summed E-state index contributed by atoms with van der Waals surface area (Å²) in [6.45, 7) is 6.68. The number of carbonyl (C=O) groups is 1. The van der Waals surface area contributed by atoms with Crippen molar-refractivity contribution in [3.8, 4) is 11.5 Å². The molecule has 3 fully saturated rings. The smallest absolute Gasteiger partial charge is 0.243 e. The molecule has 1 aliphatic carbocycles. The van der Waals surface area contributed by atoms with Gasteiger partial charge in [-0.05, 0) is 71.0 Å². The summed E-state index contributed by atoms with van der Waals surface area (Å²) in [5.74, 6) is 1.92. The van der Waals surface area contributed by atoms with Crippen molar-refractivity contribution in [2.24, 2.45) is 0 Å². The van der Waals surface area contributed by atoms with Crippen LogP contribution in [0.5, 0.6) is 0 Å². The predicted octanol–water partition coefficient (Wildman–Crippen LogP) is 4.08. The normalized spacial score (nSPS) is 25.8. The fourth-order valence-corrected chi connectivity index (χ4v) is 5.10. The summed E-state index contributed by atoms with van der Waals surface area (Å²) in [7, 11) is 0. The van der Waals surface area contributed by atoms with Crippen molar-refractivity contribution in [1.29, 1.82) is 0 Å². The highest BCUT2D eigenvalue weighted by Crippen LogP contribution is 2.42. The molecule has 2 aromatic rings. The number of carbonyl (C=O) groups excluding carboxylic acids is 1. The molecule has 148 valence electrons. The van der Waals surface area contributed by atoms with Gasteiger partial charge in [0.1, 0.15) is 11.3 Å². The lowest BCUT2D eigenvalue weighted by Gasteiger charge is -2.44. The van der Waals surface area contributed by atoms with Crippen LogP contribution in [-0.4, -0.2) is 45.4 Å². The Kier molecular flexibility index (Phi) is 4.31. The van der Waals surface area contributed by atoms with Crippen LogP contribution in [0.4, 0.5) is 0 Å². The minimum absolute atomic E-state index is 0.310. The largest absolute Gasteiger partial charge is 0.441 e. The van der Waals surface area contributed by atoms with E-state index in [1.807, 2.05) is 19.1 Å². The maximum atomic E-state index is 13.4. The number of aromatic nitrogens is 1. The Labute approximate surface area is 166 Å². The predicted molar refractivity (Wildman–Crippen MR) is 108 cm³/mol. The maximum absolute atomic E-state index is 13.4. The number of amides is 1. The molecule has 0 radical (unpaired) electrons. The first-order valence-corrected chi connectivity index (χ1v) is 10.7. The van der Waals surface area contributed by atoms with Crippen LogP contribution in [0.25, 0.3) is 11.5 Å². The van der Waals surface area contributed by atoms with Crippen LogP contribution in [0.1, 0.15) is 55.5 Å². The lowest BCUT2D eigenvalue weighted by Crippen LogP contribution is -2.60. The van der Waals surface area contributed by atoms with Gasteiger partial charge >= 0.3 is 0 Å². The van der Waals surface area contributed by atoms with Crippen molar-refractivity contribution >= 4 is 5.91 Å². The first-order chi connectivity index (χ1) is 13.6. The number of rotatable bonds is 4. The van der Waals surface area contributed by atoms with Crippen molar-refractivity contribution in [2.75, 3.05) is 13.1 Å². The zero-order valence-electron chi connectivity index (χ0n) is 16.9. The number of oxazole rings is 1. The monoisotopic (exact) mass is 379 g/mol. The number of piperidine rings is 1. The van der Waals surface area contributed by atoms with Gasteiger partial charge in [0.15, 0.2) is 0 Å². The van der Waals surface area contributed by atoms with Crippen molar-refractivity contribution in [3.05, 3.63) is 41.3 Å². The molecule has 5 rings (SSSR count). The third-order valence-corrected chi connectivity index (χ3v) is 6.76. The molecule has 2 saturated heterocycles. The second-order valence-electron chi connectivity index (χ2n) is 8.78. The molecule has 5 heteroatoms. The van der Waals surface area contributed by atoms with E-state index in [2.05, 4.69) is 28.9 Å². The second kappa shape index (κ2) is 6.73. The Morgan fingerprint density at radius 3 is 2.71 bits per heavy atom. The minimum atomic E-state index is -0.310. The van der Waals surface area contributed by atoms with E-state index in [0.29, 0.717) is 24.4 Å². The average Bonchev–Trinajstić information content (AvgIpc) is 3.35. The molecule has 1 unspecified atom stereocenters. The molecule has 5 nitrogen and oxygen atoms in total. The highest BCUT2D eigenvalue weighted by Gasteiger charge is 2.53. The number of aryl methyl sites for hydroxylation is 2. The van der Waals surface area contributed by atoms with E-state index in [1.54, 1.807) is 0 Å². The van der Waals surface area contributed by atoms with Gasteiger partial charge in [0.05, 0.1) is 5.69 Å². The summed E-state index contributed by atoms with van der Waals surface area (Å²) >= 11 is 0. The van der Waals surface area contributed by atoms with Gasteiger partial charge in [-0.1, -0.05) is 17.7 Å². The lowest BCUT2D eigenvalue weighted by molar-refractivity contribution is -0.148. The van der Waals surface area contributed by atoms with Gasteiger partial charge in [0, 0.05) is 24.7 Å². The zero-order valence-corrected chi connectivity index (χ0v) is 16.9. The lowest BCUT2D eigenvalue weighted by atomic mass is 9.85. The fraction of sp³-hybridized carbons (Fsp3) is 0.565. The first kappa shape index (κ1) is 17.9. The van der Waals surface area contributed by atoms with Gasteiger partial charge in [0.2, 0.25) is 11.8 Å². The van der Waals surface area contributed by atoms with Gasteiger partial charge in [-0.15, -0.1) is 0 Å². The molecular formula is C23H29N3O2. The average molecular weight is 380 g/mol. The highest BCUT2D eigenvalue weighted by atomic mass is 16.4. The SMILES string of the molecule is Cc1cccc(-c2nc(CN3CCCC34CCCN(C3CC3)C4=O)c(C)o2)c1. The molecule has 1 aromatic heterocycles. The molecule has 2 aliphatic heterocycles. The summed E-state index contributed by atoms with van der Waals surface area (Å²) < 4.78 is 6.00. The number of benzene rings is 1. The summed E-state index contributed by atoms with van der Waals surface area (Å²) in [4.78, 5) is 22.8. The quantitative estimate of drug-likeness (QED) is 0.803. The minimum Gasteiger partial charge on any atom is -0.441 e. The second-order valence-corrected chi connectivity index (χ2v) is 8.78. The van der Waals surface area contributed by atoms with Gasteiger partial charge in [-0.2, -0.15) is 0 Å². The van der Waals surface area contributed by atoms with Crippen LogP contribution in [0.15, 0.2) is 28.7 Å². The van der Waals surface area contributed by atoms with E-state index in [0.717, 1.165) is 55.8 Å². The third-order valence-electron chi connectivity index (χ3n) is 6.76. The van der Waals surface area contributed by atoms with Gasteiger partial charge in [0.25, 0.3) is 0 Å². The molecule has 1 atom stereocenters. The molecule has 1 spiro atoms. The third kappa shape index (κ3) is 2.96. The van der Waals surface area contributed by atoms with Crippen molar-refractivity contribution in [2.45, 2.75) is 70.5 Å². The molecule has 1 amide bonds. The summed E-state index contributed by atoms with van der Waals surface area (Å²) in [6, 6.07) is 8.76. The van der Waals surface area contributed by atoms with Crippen molar-refractivity contribution in [1.82, 2.24) is 14.8 Å². The Morgan fingerprint density at radius 1 is 1.18 bits per heavy atom. The standard InChI is InChI=1S/C23H29N3O2/c1-16-6-3-7-18(14-16)21-24-20(17(2)28-21)15-25-12-4-10-23(25)11-5-13-26(22(23)27)19-8-9-19/h3,6-7,14,19H,4-5,8-13,15H2,1-2H3. The molecule has 1 saturated carbocycles. The van der Waals surface area contributed by atoms with Crippen molar-refractivity contribution < 1.29 is 9.21 Å². The molecular weight excluding hydrogens is 350 g/mol.